The summed E-state index contributed by atoms with van der Waals surface area (Å²) in [5.41, 5.74) is 0.411. The van der Waals surface area contributed by atoms with Crippen molar-refractivity contribution in [2.75, 3.05) is 13.2 Å². The van der Waals surface area contributed by atoms with E-state index >= 15 is 0 Å². The van der Waals surface area contributed by atoms with Crippen molar-refractivity contribution in [3.05, 3.63) is 47.9 Å². The summed E-state index contributed by atoms with van der Waals surface area (Å²) in [5, 5.41) is 22.2. The first-order chi connectivity index (χ1) is 14.7. The topological polar surface area (TPSA) is 112 Å². The van der Waals surface area contributed by atoms with Gasteiger partial charge in [-0.25, -0.2) is 9.59 Å². The van der Waals surface area contributed by atoms with Crippen molar-refractivity contribution >= 4 is 33.4 Å². The Labute approximate surface area is 184 Å². The fourth-order valence-corrected chi connectivity index (χ4v) is 3.23. The summed E-state index contributed by atoms with van der Waals surface area (Å²) in [6.07, 6.45) is -2.36. The first-order valence-corrected chi connectivity index (χ1v) is 10.4. The highest BCUT2D eigenvalue weighted by Gasteiger charge is 2.15. The molecule has 0 aliphatic rings. The molecule has 31 heavy (non-hydrogen) atoms. The molecule has 9 heteroatoms. The van der Waals surface area contributed by atoms with Crippen LogP contribution in [0.25, 0.3) is 10.1 Å². The van der Waals surface area contributed by atoms with E-state index in [1.807, 2.05) is 11.4 Å². The van der Waals surface area contributed by atoms with E-state index < -0.39 is 24.5 Å². The molecule has 0 aliphatic heterocycles. The van der Waals surface area contributed by atoms with Gasteiger partial charge in [-0.2, -0.15) is 0 Å². The monoisotopic (exact) mass is 450 g/mol. The summed E-state index contributed by atoms with van der Waals surface area (Å²) in [6, 6.07) is 5.34. The van der Waals surface area contributed by atoms with Crippen LogP contribution < -0.4 is 9.47 Å². The Morgan fingerprint density at radius 2 is 1.39 bits per heavy atom. The van der Waals surface area contributed by atoms with Crippen LogP contribution in [0.15, 0.2) is 47.9 Å². The summed E-state index contributed by atoms with van der Waals surface area (Å²) in [6.45, 7) is 10.2. The van der Waals surface area contributed by atoms with Crippen LogP contribution in [0.4, 0.5) is 0 Å². The number of aliphatic hydroxyl groups is 2. The molecule has 1 aromatic carbocycles. The maximum absolute atomic E-state index is 11.4. The quantitative estimate of drug-likeness (QED) is 0.288. The van der Waals surface area contributed by atoms with Crippen LogP contribution in [0.2, 0.25) is 0 Å². The lowest BCUT2D eigenvalue weighted by atomic mass is 10.2. The smallest absolute Gasteiger partial charge is 0.335 e. The molecule has 2 unspecified atom stereocenters. The average Bonchev–Trinajstić information content (AvgIpc) is 3.19. The predicted molar refractivity (Wildman–Crippen MR) is 116 cm³/mol. The van der Waals surface area contributed by atoms with Crippen molar-refractivity contribution in [2.24, 2.45) is 0 Å². The van der Waals surface area contributed by atoms with Gasteiger partial charge in [0.05, 0.1) is 17.9 Å². The lowest BCUT2D eigenvalue weighted by molar-refractivity contribution is -0.165. The Bertz CT molecular complexity index is 874. The third-order valence-electron chi connectivity index (χ3n) is 3.97. The Hall–Kier alpha value is -2.88. The number of thiophene rings is 1. The van der Waals surface area contributed by atoms with Crippen LogP contribution in [0, 0.1) is 0 Å². The first kappa shape index (κ1) is 24.4. The number of carbonyl (C=O) groups is 2. The van der Waals surface area contributed by atoms with Gasteiger partial charge in [0.15, 0.2) is 0 Å². The Kier molecular flexibility index (Phi) is 9.04. The molecule has 168 valence electrons. The minimum Gasteiger partial charge on any atom is -0.493 e. The second-order valence-corrected chi connectivity index (χ2v) is 7.70. The van der Waals surface area contributed by atoms with E-state index in [1.54, 1.807) is 12.1 Å². The van der Waals surface area contributed by atoms with E-state index in [2.05, 4.69) is 13.2 Å². The molecular formula is C22H26O8S. The molecule has 0 fully saturated rings. The fourth-order valence-electron chi connectivity index (χ4n) is 2.36. The summed E-state index contributed by atoms with van der Waals surface area (Å²) in [4.78, 5) is 22.8. The summed E-state index contributed by atoms with van der Waals surface area (Å²) < 4.78 is 21.9. The van der Waals surface area contributed by atoms with Crippen LogP contribution in [-0.2, 0) is 19.1 Å². The molecule has 0 bridgehead atoms. The predicted octanol–water partition coefficient (Wildman–Crippen LogP) is 3.31. The molecule has 0 spiro atoms. The van der Waals surface area contributed by atoms with Crippen LogP contribution in [0.5, 0.6) is 11.5 Å². The van der Waals surface area contributed by atoms with Crippen molar-refractivity contribution in [3.63, 3.8) is 0 Å². The van der Waals surface area contributed by atoms with Crippen molar-refractivity contribution in [2.45, 2.75) is 39.3 Å². The van der Waals surface area contributed by atoms with Crippen LogP contribution in [0.3, 0.4) is 0 Å². The van der Waals surface area contributed by atoms with Gasteiger partial charge in [-0.3, -0.25) is 0 Å². The third-order valence-corrected chi connectivity index (χ3v) is 4.90. The number of rotatable bonds is 12. The summed E-state index contributed by atoms with van der Waals surface area (Å²) >= 11 is 1.46. The van der Waals surface area contributed by atoms with E-state index in [4.69, 9.17) is 18.9 Å². The van der Waals surface area contributed by atoms with E-state index in [1.165, 1.54) is 25.2 Å². The lowest BCUT2D eigenvalue weighted by Crippen LogP contribution is -2.20. The molecule has 2 atom stereocenters. The molecule has 0 amide bonds. The zero-order valence-electron chi connectivity index (χ0n) is 17.5. The highest BCUT2D eigenvalue weighted by atomic mass is 32.1. The molecule has 2 rings (SSSR count). The maximum atomic E-state index is 11.4. The molecular weight excluding hydrogens is 424 g/mol. The minimum atomic E-state index is -1.28. The van der Waals surface area contributed by atoms with Crippen molar-refractivity contribution in [1.82, 2.24) is 0 Å². The first-order valence-electron chi connectivity index (χ1n) is 9.54. The van der Waals surface area contributed by atoms with Crippen LogP contribution >= 0.6 is 11.3 Å². The molecule has 0 aliphatic carbocycles. The fraction of sp³-hybridized carbons (Fsp3) is 0.364. The van der Waals surface area contributed by atoms with Gasteiger partial charge in [0, 0.05) is 29.4 Å². The van der Waals surface area contributed by atoms with E-state index in [0.717, 1.165) is 10.1 Å². The van der Waals surface area contributed by atoms with Crippen molar-refractivity contribution < 1.29 is 38.7 Å². The van der Waals surface area contributed by atoms with E-state index in [9.17, 15) is 19.8 Å². The molecule has 0 saturated carbocycles. The van der Waals surface area contributed by atoms with Gasteiger partial charge in [0.2, 0.25) is 12.6 Å². The van der Waals surface area contributed by atoms with Gasteiger partial charge in [-0.05, 0) is 37.4 Å². The number of carbonyl (C=O) groups excluding carboxylic acids is 2. The SMILES string of the molecule is C=C(C)C(=O)OC(O)CCOc1ccc(OCCC(O)OC(=O)C(=C)C)c2sccc12. The summed E-state index contributed by atoms with van der Waals surface area (Å²) in [5.74, 6) is -0.119. The van der Waals surface area contributed by atoms with Gasteiger partial charge in [0.1, 0.15) is 11.5 Å². The number of benzene rings is 1. The average molecular weight is 451 g/mol. The van der Waals surface area contributed by atoms with E-state index in [0.29, 0.717) is 11.5 Å². The minimum absolute atomic E-state index is 0.101. The number of ether oxygens (including phenoxy) is 4. The molecule has 2 aromatic rings. The zero-order valence-corrected chi connectivity index (χ0v) is 18.3. The summed E-state index contributed by atoms with van der Waals surface area (Å²) in [7, 11) is 0. The molecule has 0 radical (unpaired) electrons. The van der Waals surface area contributed by atoms with Crippen molar-refractivity contribution in [1.29, 1.82) is 0 Å². The molecule has 1 aromatic heterocycles. The maximum Gasteiger partial charge on any atom is 0.335 e. The van der Waals surface area contributed by atoms with Gasteiger partial charge < -0.3 is 29.2 Å². The van der Waals surface area contributed by atoms with Crippen molar-refractivity contribution in [3.8, 4) is 11.5 Å². The Morgan fingerprint density at radius 3 is 1.90 bits per heavy atom. The third kappa shape index (κ3) is 7.39. The number of hydrogen-bond acceptors (Lipinski definition) is 9. The highest BCUT2D eigenvalue weighted by molar-refractivity contribution is 7.17. The Morgan fingerprint density at radius 1 is 0.903 bits per heavy atom. The Balaban J connectivity index is 1.89. The van der Waals surface area contributed by atoms with Gasteiger partial charge in [-0.15, -0.1) is 11.3 Å². The largest absolute Gasteiger partial charge is 0.493 e. The number of fused-ring (bicyclic) bond motifs is 1. The van der Waals surface area contributed by atoms with Crippen LogP contribution in [0.1, 0.15) is 26.7 Å². The molecule has 8 nitrogen and oxygen atoms in total. The number of hydrogen-bond donors (Lipinski definition) is 2. The second kappa shape index (κ2) is 11.5. The molecule has 1 heterocycles. The van der Waals surface area contributed by atoms with Gasteiger partial charge in [-0.1, -0.05) is 13.2 Å². The molecule has 2 N–H and O–H groups in total. The number of aliphatic hydroxyl groups excluding tert-OH is 2. The van der Waals surface area contributed by atoms with Gasteiger partial charge in [0.25, 0.3) is 0 Å². The molecule has 0 saturated heterocycles. The lowest BCUT2D eigenvalue weighted by Gasteiger charge is -2.15. The van der Waals surface area contributed by atoms with Gasteiger partial charge >= 0.3 is 11.9 Å². The second-order valence-electron chi connectivity index (χ2n) is 6.78. The van der Waals surface area contributed by atoms with Crippen LogP contribution in [-0.4, -0.2) is 47.9 Å². The number of esters is 2. The highest BCUT2D eigenvalue weighted by Crippen LogP contribution is 2.37. The zero-order chi connectivity index (χ0) is 23.0. The standard InChI is InChI=1S/C22H26O8S/c1-13(2)21(25)29-18(23)7-10-27-16-5-6-17(20-15(16)9-12-31-20)28-11-8-19(24)30-22(26)14(3)4/h5-6,9,12,18-19,23-24H,1,3,7-8,10-11H2,2,4H3. The normalized spacial score (nSPS) is 12.6. The van der Waals surface area contributed by atoms with E-state index in [-0.39, 0.29) is 37.2 Å².